The summed E-state index contributed by atoms with van der Waals surface area (Å²) in [5, 5.41) is 2.76. The van der Waals surface area contributed by atoms with E-state index >= 15 is 0 Å². The fourth-order valence-corrected chi connectivity index (χ4v) is 1.84. The topological polar surface area (TPSA) is 56.8 Å². The van der Waals surface area contributed by atoms with Gasteiger partial charge in [0.15, 0.2) is 5.78 Å². The highest BCUT2D eigenvalue weighted by Gasteiger charge is 2.06. The van der Waals surface area contributed by atoms with Crippen molar-refractivity contribution in [2.75, 3.05) is 45.4 Å². The van der Waals surface area contributed by atoms with E-state index in [4.69, 9.17) is 14.2 Å². The Bertz CT molecular complexity index is 494. The Balaban J connectivity index is 1.97. The van der Waals surface area contributed by atoms with Gasteiger partial charge in [0.2, 0.25) is 0 Å². The van der Waals surface area contributed by atoms with Crippen LogP contribution in [-0.2, 0) is 14.3 Å². The number of Topliss-reactive ketones (excluding diaryl/α,β-unsaturated/α-hetero) is 1. The van der Waals surface area contributed by atoms with Gasteiger partial charge in [-0.3, -0.25) is 4.79 Å². The Hall–Kier alpha value is -1.66. The number of ether oxygens (including phenoxy) is 3. The van der Waals surface area contributed by atoms with Crippen LogP contribution in [0.15, 0.2) is 18.2 Å². The van der Waals surface area contributed by atoms with Crippen molar-refractivity contribution in [3.63, 3.8) is 0 Å². The summed E-state index contributed by atoms with van der Waals surface area (Å²) in [4.78, 5) is 11.3. The van der Waals surface area contributed by atoms with Crippen molar-refractivity contribution in [2.24, 2.45) is 5.92 Å². The first-order chi connectivity index (χ1) is 11.5. The zero-order chi connectivity index (χ0) is 17.8. The Morgan fingerprint density at radius 1 is 1.12 bits per heavy atom. The summed E-state index contributed by atoms with van der Waals surface area (Å²) in [5.41, 5.74) is 0.447. The van der Waals surface area contributed by atoms with Gasteiger partial charge in [-0.15, -0.1) is 0 Å². The molecule has 24 heavy (non-hydrogen) atoms. The molecule has 0 amide bonds. The van der Waals surface area contributed by atoms with Gasteiger partial charge < -0.3 is 19.5 Å². The molecule has 6 heteroatoms. The van der Waals surface area contributed by atoms with Crippen LogP contribution in [-0.4, -0.2) is 45.9 Å². The number of ketones is 1. The SMILES string of the molecule is CNc1ccc(OCCCOCCCOCC(=O)C(C)C)cc1F. The zero-order valence-corrected chi connectivity index (χ0v) is 14.8. The van der Waals surface area contributed by atoms with Crippen LogP contribution in [0.3, 0.4) is 0 Å². The number of rotatable bonds is 13. The van der Waals surface area contributed by atoms with E-state index in [0.29, 0.717) is 37.9 Å². The fourth-order valence-electron chi connectivity index (χ4n) is 1.84. The summed E-state index contributed by atoms with van der Waals surface area (Å²) >= 11 is 0. The van der Waals surface area contributed by atoms with Crippen LogP contribution in [0.1, 0.15) is 26.7 Å². The molecule has 0 fully saturated rings. The first-order valence-electron chi connectivity index (χ1n) is 8.33. The van der Waals surface area contributed by atoms with E-state index in [-0.39, 0.29) is 24.1 Å². The fraction of sp³-hybridized carbons (Fsp3) is 0.611. The second-order valence-electron chi connectivity index (χ2n) is 5.73. The average molecular weight is 341 g/mol. The van der Waals surface area contributed by atoms with Crippen molar-refractivity contribution in [1.29, 1.82) is 0 Å². The van der Waals surface area contributed by atoms with Crippen LogP contribution in [0, 0.1) is 11.7 Å². The number of hydrogen-bond acceptors (Lipinski definition) is 5. The summed E-state index contributed by atoms with van der Waals surface area (Å²) in [6.07, 6.45) is 1.48. The highest BCUT2D eigenvalue weighted by molar-refractivity contribution is 5.81. The summed E-state index contributed by atoms with van der Waals surface area (Å²) in [7, 11) is 1.67. The molecule has 0 spiro atoms. The second kappa shape index (κ2) is 11.8. The van der Waals surface area contributed by atoms with Gasteiger partial charge in [-0.05, 0) is 18.6 Å². The Morgan fingerprint density at radius 3 is 2.42 bits per heavy atom. The molecule has 0 radical (unpaired) electrons. The molecule has 5 nitrogen and oxygen atoms in total. The molecule has 1 rings (SSSR count). The largest absolute Gasteiger partial charge is 0.493 e. The molecule has 136 valence electrons. The lowest BCUT2D eigenvalue weighted by atomic mass is 10.1. The maximum Gasteiger partial charge on any atom is 0.160 e. The van der Waals surface area contributed by atoms with Crippen LogP contribution in [0.5, 0.6) is 5.75 Å². The molecule has 0 unspecified atom stereocenters. The molecule has 0 bridgehead atoms. The lowest BCUT2D eigenvalue weighted by Gasteiger charge is -2.09. The van der Waals surface area contributed by atoms with E-state index in [1.807, 2.05) is 13.8 Å². The molecular formula is C18H28FNO4. The predicted octanol–water partition coefficient (Wildman–Crippen LogP) is 3.28. The number of nitrogens with one attached hydrogen (secondary N) is 1. The quantitative estimate of drug-likeness (QED) is 0.558. The number of carbonyl (C=O) groups is 1. The van der Waals surface area contributed by atoms with Crippen LogP contribution >= 0.6 is 0 Å². The van der Waals surface area contributed by atoms with Crippen LogP contribution in [0.2, 0.25) is 0 Å². The maximum atomic E-state index is 13.5. The number of benzene rings is 1. The summed E-state index contributed by atoms with van der Waals surface area (Å²) < 4.78 is 29.7. The first kappa shape index (κ1) is 20.4. The molecule has 0 aliphatic rings. The molecule has 0 atom stereocenters. The minimum Gasteiger partial charge on any atom is -0.493 e. The van der Waals surface area contributed by atoms with Crippen LogP contribution < -0.4 is 10.1 Å². The number of hydrogen-bond donors (Lipinski definition) is 1. The molecule has 0 aliphatic carbocycles. The molecule has 1 aromatic carbocycles. The molecule has 0 heterocycles. The number of halogens is 1. The normalized spacial score (nSPS) is 10.9. The Morgan fingerprint density at radius 2 is 1.79 bits per heavy atom. The van der Waals surface area contributed by atoms with Crippen molar-refractivity contribution in [1.82, 2.24) is 0 Å². The predicted molar refractivity (Wildman–Crippen MR) is 92.2 cm³/mol. The highest BCUT2D eigenvalue weighted by Crippen LogP contribution is 2.20. The van der Waals surface area contributed by atoms with Crippen molar-refractivity contribution >= 4 is 11.5 Å². The second-order valence-corrected chi connectivity index (χ2v) is 5.73. The molecule has 0 aromatic heterocycles. The lowest BCUT2D eigenvalue weighted by Crippen LogP contribution is -2.15. The van der Waals surface area contributed by atoms with Gasteiger partial charge in [0, 0.05) is 45.3 Å². The summed E-state index contributed by atoms with van der Waals surface area (Å²) in [5.74, 6) is 0.313. The smallest absolute Gasteiger partial charge is 0.160 e. The third-order valence-electron chi connectivity index (χ3n) is 3.38. The van der Waals surface area contributed by atoms with E-state index in [1.165, 1.54) is 6.07 Å². The summed E-state index contributed by atoms with van der Waals surface area (Å²) in [6, 6.07) is 4.74. The van der Waals surface area contributed by atoms with E-state index in [1.54, 1.807) is 19.2 Å². The standard InChI is InChI=1S/C18H28FNO4/c1-14(2)18(21)13-23-10-4-8-22-9-5-11-24-15-6-7-17(20-3)16(19)12-15/h6-7,12,14,20H,4-5,8-11,13H2,1-3H3. The van der Waals surface area contributed by atoms with Crippen molar-refractivity contribution < 1.29 is 23.4 Å². The van der Waals surface area contributed by atoms with E-state index < -0.39 is 0 Å². The number of carbonyl (C=O) groups excluding carboxylic acids is 1. The van der Waals surface area contributed by atoms with Gasteiger partial charge in [0.05, 0.1) is 12.3 Å². The Kier molecular flexibility index (Phi) is 10.0. The van der Waals surface area contributed by atoms with Crippen LogP contribution in [0.4, 0.5) is 10.1 Å². The highest BCUT2D eigenvalue weighted by atomic mass is 19.1. The molecule has 1 aromatic rings. The van der Waals surface area contributed by atoms with Crippen molar-refractivity contribution in [3.8, 4) is 5.75 Å². The van der Waals surface area contributed by atoms with E-state index in [9.17, 15) is 9.18 Å². The minimum absolute atomic E-state index is 0.0177. The van der Waals surface area contributed by atoms with Crippen molar-refractivity contribution in [3.05, 3.63) is 24.0 Å². The maximum absolute atomic E-state index is 13.5. The zero-order valence-electron chi connectivity index (χ0n) is 14.8. The van der Waals surface area contributed by atoms with Crippen molar-refractivity contribution in [2.45, 2.75) is 26.7 Å². The van der Waals surface area contributed by atoms with Gasteiger partial charge in [-0.25, -0.2) is 4.39 Å². The molecule has 0 saturated carbocycles. The molecular weight excluding hydrogens is 313 g/mol. The van der Waals surface area contributed by atoms with Gasteiger partial charge in [-0.1, -0.05) is 13.8 Å². The minimum atomic E-state index is -0.331. The summed E-state index contributed by atoms with van der Waals surface area (Å²) in [6.45, 7) is 6.04. The molecule has 1 N–H and O–H groups in total. The molecule has 0 aliphatic heterocycles. The average Bonchev–Trinajstić information content (AvgIpc) is 2.56. The monoisotopic (exact) mass is 341 g/mol. The van der Waals surface area contributed by atoms with E-state index in [2.05, 4.69) is 5.32 Å². The van der Waals surface area contributed by atoms with E-state index in [0.717, 1.165) is 12.8 Å². The van der Waals surface area contributed by atoms with Gasteiger partial charge >= 0.3 is 0 Å². The van der Waals surface area contributed by atoms with Gasteiger partial charge in [0.1, 0.15) is 18.2 Å². The third kappa shape index (κ3) is 8.26. The van der Waals surface area contributed by atoms with Gasteiger partial charge in [0.25, 0.3) is 0 Å². The Labute approximate surface area is 143 Å². The molecule has 0 saturated heterocycles. The number of anilines is 1. The third-order valence-corrected chi connectivity index (χ3v) is 3.38. The first-order valence-corrected chi connectivity index (χ1v) is 8.33. The van der Waals surface area contributed by atoms with Gasteiger partial charge in [-0.2, -0.15) is 0 Å². The lowest BCUT2D eigenvalue weighted by molar-refractivity contribution is -0.126. The van der Waals surface area contributed by atoms with Crippen LogP contribution in [0.25, 0.3) is 0 Å².